The van der Waals surface area contributed by atoms with E-state index in [1.165, 1.54) is 42.5 Å². The zero-order chi connectivity index (χ0) is 27.0. The quantitative estimate of drug-likeness (QED) is 0.406. The Morgan fingerprint density at radius 2 is 1.57 bits per heavy atom. The van der Waals surface area contributed by atoms with Gasteiger partial charge in [-0.15, -0.1) is 0 Å². The van der Waals surface area contributed by atoms with Gasteiger partial charge in [-0.2, -0.15) is 4.31 Å². The van der Waals surface area contributed by atoms with Gasteiger partial charge in [0.1, 0.15) is 10.9 Å². The van der Waals surface area contributed by atoms with E-state index in [1.54, 1.807) is 30.3 Å². The summed E-state index contributed by atoms with van der Waals surface area (Å²) in [5, 5.41) is 5.17. The predicted octanol–water partition coefficient (Wildman–Crippen LogP) is 3.21. The summed E-state index contributed by atoms with van der Waals surface area (Å²) in [4.78, 5) is 26.8. The highest BCUT2D eigenvalue weighted by Crippen LogP contribution is 2.33. The molecule has 1 atom stereocenters. The van der Waals surface area contributed by atoms with Crippen LogP contribution in [0.5, 0.6) is 0 Å². The first kappa shape index (κ1) is 27.2. The molecular weight excluding hydrogens is 561 g/mol. The molecule has 1 unspecified atom stereocenters. The molecule has 194 valence electrons. The minimum absolute atomic E-state index is 0.0939. The van der Waals surface area contributed by atoms with Crippen molar-refractivity contribution in [3.8, 4) is 0 Å². The first-order valence-electron chi connectivity index (χ1n) is 10.9. The lowest BCUT2D eigenvalue weighted by Crippen LogP contribution is -2.46. The number of nitrogens with zero attached hydrogens (tertiary/aromatic N) is 2. The van der Waals surface area contributed by atoms with Crippen LogP contribution in [-0.2, 0) is 36.1 Å². The number of hydrogen-bond acceptors (Lipinski definition) is 6. The van der Waals surface area contributed by atoms with Crippen molar-refractivity contribution in [2.24, 2.45) is 5.14 Å². The second kappa shape index (κ2) is 10.5. The Morgan fingerprint density at radius 3 is 2.19 bits per heavy atom. The van der Waals surface area contributed by atoms with Crippen molar-refractivity contribution in [3.63, 3.8) is 0 Å². The molecule has 0 aromatic heterocycles. The molecule has 0 aliphatic carbocycles. The summed E-state index contributed by atoms with van der Waals surface area (Å²) < 4.78 is 51.6. The van der Waals surface area contributed by atoms with Gasteiger partial charge in [-0.3, -0.25) is 9.59 Å². The zero-order valence-electron chi connectivity index (χ0n) is 19.1. The number of primary sulfonamides is 1. The Morgan fingerprint density at radius 1 is 0.919 bits per heavy atom. The molecule has 2 N–H and O–H groups in total. The molecule has 3 aromatic carbocycles. The summed E-state index contributed by atoms with van der Waals surface area (Å²) in [5.74, 6) is -1.24. The Kier molecular flexibility index (Phi) is 7.75. The first-order chi connectivity index (χ1) is 17.4. The van der Waals surface area contributed by atoms with E-state index >= 15 is 0 Å². The van der Waals surface area contributed by atoms with E-state index in [-0.39, 0.29) is 39.2 Å². The van der Waals surface area contributed by atoms with Crippen LogP contribution in [0.4, 0.5) is 5.69 Å². The lowest BCUT2D eigenvalue weighted by molar-refractivity contribution is -0.122. The summed E-state index contributed by atoms with van der Waals surface area (Å²) >= 11 is 12.2. The van der Waals surface area contributed by atoms with E-state index in [4.69, 9.17) is 28.3 Å². The number of carbonyl (C=O) groups is 2. The number of anilines is 1. The minimum Gasteiger partial charge on any atom is -0.274 e. The van der Waals surface area contributed by atoms with Crippen LogP contribution in [-0.4, -0.2) is 45.5 Å². The third kappa shape index (κ3) is 5.71. The molecule has 9 nitrogen and oxygen atoms in total. The van der Waals surface area contributed by atoms with Crippen LogP contribution in [0.1, 0.15) is 12.0 Å². The number of sulfonamides is 2. The van der Waals surface area contributed by atoms with Gasteiger partial charge >= 0.3 is 0 Å². The van der Waals surface area contributed by atoms with Gasteiger partial charge in [0.2, 0.25) is 26.0 Å². The molecular formula is C24H21Cl2N3O6S2. The van der Waals surface area contributed by atoms with Gasteiger partial charge in [0.25, 0.3) is 5.91 Å². The molecule has 0 saturated carbocycles. The van der Waals surface area contributed by atoms with Crippen molar-refractivity contribution in [1.82, 2.24) is 4.31 Å². The summed E-state index contributed by atoms with van der Waals surface area (Å²) in [5.41, 5.74) is 0.915. The van der Waals surface area contributed by atoms with Crippen molar-refractivity contribution >= 4 is 60.8 Å². The third-order valence-corrected chi connectivity index (χ3v) is 9.39. The average Bonchev–Trinajstić information content (AvgIpc) is 3.14. The van der Waals surface area contributed by atoms with Crippen molar-refractivity contribution in [1.29, 1.82) is 0 Å². The number of imide groups is 1. The van der Waals surface area contributed by atoms with Gasteiger partial charge in [0, 0.05) is 11.6 Å². The molecule has 1 aliphatic rings. The minimum atomic E-state index is -4.40. The molecule has 1 saturated heterocycles. The predicted molar refractivity (Wildman–Crippen MR) is 139 cm³/mol. The number of rotatable bonds is 8. The molecule has 2 amide bonds. The Labute approximate surface area is 224 Å². The van der Waals surface area contributed by atoms with E-state index < -0.39 is 37.9 Å². The molecule has 13 heteroatoms. The van der Waals surface area contributed by atoms with Gasteiger partial charge in [-0.1, -0.05) is 53.5 Å². The van der Waals surface area contributed by atoms with Gasteiger partial charge < -0.3 is 0 Å². The maximum absolute atomic E-state index is 13.8. The number of para-hydroxylation sites is 1. The van der Waals surface area contributed by atoms with Crippen molar-refractivity contribution in [2.75, 3.05) is 11.4 Å². The maximum atomic E-state index is 13.8. The fourth-order valence-electron chi connectivity index (χ4n) is 4.02. The van der Waals surface area contributed by atoms with Crippen LogP contribution < -0.4 is 10.0 Å². The van der Waals surface area contributed by atoms with E-state index in [0.717, 1.165) is 9.21 Å². The fourth-order valence-corrected chi connectivity index (χ4v) is 6.86. The Bertz CT molecular complexity index is 1560. The van der Waals surface area contributed by atoms with E-state index in [9.17, 15) is 26.4 Å². The highest BCUT2D eigenvalue weighted by atomic mass is 35.5. The molecule has 1 heterocycles. The molecule has 1 fully saturated rings. The molecule has 0 spiro atoms. The second-order valence-electron chi connectivity index (χ2n) is 8.25. The largest absolute Gasteiger partial charge is 0.274 e. The highest BCUT2D eigenvalue weighted by molar-refractivity contribution is 7.89. The molecule has 37 heavy (non-hydrogen) atoms. The number of halogens is 2. The standard InChI is InChI=1S/C24H21Cl2N3O6S2/c25-17-8-11-20(26)22(14-17)37(34,35)28(13-12-16-6-9-19(10-7-16)36(27,32)33)21-15-23(30)29(24(21)31)18-4-2-1-3-5-18/h1-11,14,21H,12-13,15H2,(H2,27,32,33). The zero-order valence-corrected chi connectivity index (χ0v) is 22.3. The summed E-state index contributed by atoms with van der Waals surface area (Å²) in [6.45, 7) is -0.202. The maximum Gasteiger partial charge on any atom is 0.252 e. The monoisotopic (exact) mass is 581 g/mol. The van der Waals surface area contributed by atoms with Crippen molar-refractivity contribution in [2.45, 2.75) is 28.7 Å². The van der Waals surface area contributed by atoms with Gasteiger partial charge in [-0.25, -0.2) is 26.9 Å². The van der Waals surface area contributed by atoms with Crippen LogP contribution in [0.3, 0.4) is 0 Å². The summed E-state index contributed by atoms with van der Waals surface area (Å²) in [6, 6.07) is 16.4. The smallest absolute Gasteiger partial charge is 0.252 e. The number of carbonyl (C=O) groups excluding carboxylic acids is 2. The van der Waals surface area contributed by atoms with E-state index in [1.807, 2.05) is 0 Å². The summed E-state index contributed by atoms with van der Waals surface area (Å²) in [7, 11) is -8.30. The Hall–Kier alpha value is -2.80. The molecule has 4 rings (SSSR count). The topological polar surface area (TPSA) is 135 Å². The molecule has 3 aromatic rings. The number of amides is 2. The SMILES string of the molecule is NS(=O)(=O)c1ccc(CCN(C2CC(=O)N(c3ccccc3)C2=O)S(=O)(=O)c2cc(Cl)ccc2Cl)cc1. The fraction of sp³-hybridized carbons (Fsp3) is 0.167. The lowest BCUT2D eigenvalue weighted by Gasteiger charge is -2.27. The average molecular weight is 582 g/mol. The van der Waals surface area contributed by atoms with Crippen LogP contribution in [0.25, 0.3) is 0 Å². The highest BCUT2D eigenvalue weighted by Gasteiger charge is 2.47. The van der Waals surface area contributed by atoms with Crippen LogP contribution in [0, 0.1) is 0 Å². The lowest BCUT2D eigenvalue weighted by atomic mass is 10.1. The second-order valence-corrected chi connectivity index (χ2v) is 12.5. The summed E-state index contributed by atoms with van der Waals surface area (Å²) in [6.07, 6.45) is -0.263. The van der Waals surface area contributed by atoms with Gasteiger partial charge in [0.05, 0.1) is 22.0 Å². The van der Waals surface area contributed by atoms with Crippen LogP contribution in [0.2, 0.25) is 10.0 Å². The normalized spacial score (nSPS) is 16.5. The third-order valence-electron chi connectivity index (χ3n) is 5.84. The molecule has 0 radical (unpaired) electrons. The van der Waals surface area contributed by atoms with E-state index in [2.05, 4.69) is 0 Å². The Balaban J connectivity index is 1.71. The van der Waals surface area contributed by atoms with Crippen molar-refractivity contribution < 1.29 is 26.4 Å². The number of nitrogens with two attached hydrogens (primary N) is 1. The first-order valence-corrected chi connectivity index (χ1v) is 14.6. The van der Waals surface area contributed by atoms with Gasteiger partial charge in [0.15, 0.2) is 0 Å². The number of hydrogen-bond donors (Lipinski definition) is 1. The molecule has 0 bridgehead atoms. The van der Waals surface area contributed by atoms with E-state index in [0.29, 0.717) is 11.3 Å². The van der Waals surface area contributed by atoms with Crippen LogP contribution >= 0.6 is 23.2 Å². The molecule has 1 aliphatic heterocycles. The number of benzene rings is 3. The van der Waals surface area contributed by atoms with Gasteiger partial charge in [-0.05, 0) is 54.4 Å². The van der Waals surface area contributed by atoms with Crippen molar-refractivity contribution in [3.05, 3.63) is 88.4 Å². The van der Waals surface area contributed by atoms with Crippen LogP contribution in [0.15, 0.2) is 82.6 Å².